The van der Waals surface area contributed by atoms with E-state index in [1.54, 1.807) is 48.5 Å². The molecule has 28 heavy (non-hydrogen) atoms. The van der Waals surface area contributed by atoms with Crippen LogP contribution in [-0.2, 0) is 0 Å². The number of ether oxygens (including phenoxy) is 1. The molecule has 0 fully saturated rings. The third-order valence-electron chi connectivity index (χ3n) is 4.31. The minimum atomic E-state index is -0.265. The maximum atomic E-state index is 12.3. The first-order valence-corrected chi connectivity index (χ1v) is 9.39. The largest absolute Gasteiger partial charge is 0.456 e. The molecule has 2 rings (SSSR count). The minimum absolute atomic E-state index is 0.265. The zero-order valence-corrected chi connectivity index (χ0v) is 17.3. The van der Waals surface area contributed by atoms with Gasteiger partial charge in [0.15, 0.2) is 0 Å². The Kier molecular flexibility index (Phi) is 7.49. The van der Waals surface area contributed by atoms with Gasteiger partial charge in [-0.3, -0.25) is 4.79 Å². The maximum Gasteiger partial charge on any atom is 0.257 e. The van der Waals surface area contributed by atoms with Crippen LogP contribution < -0.4 is 10.1 Å². The number of anilines is 1. The van der Waals surface area contributed by atoms with E-state index in [1.807, 2.05) is 19.9 Å². The van der Waals surface area contributed by atoms with Gasteiger partial charge in [-0.15, -0.1) is 6.42 Å². The van der Waals surface area contributed by atoms with Crippen LogP contribution in [0.5, 0.6) is 5.75 Å². The summed E-state index contributed by atoms with van der Waals surface area (Å²) in [5, 5.41) is 3.23. The summed E-state index contributed by atoms with van der Waals surface area (Å²) in [6, 6.07) is 14.0. The summed E-state index contributed by atoms with van der Waals surface area (Å²) in [5.74, 6) is 4.03. The van der Waals surface area contributed by atoms with Crippen LogP contribution in [0.3, 0.4) is 0 Å². The zero-order chi connectivity index (χ0) is 20.7. The summed E-state index contributed by atoms with van der Waals surface area (Å²) >= 11 is 6.07. The Morgan fingerprint density at radius 1 is 1.14 bits per heavy atom. The normalized spacial score (nSPS) is 12.2. The van der Waals surface area contributed by atoms with Crippen LogP contribution in [0.2, 0.25) is 5.02 Å². The lowest BCUT2D eigenvalue weighted by Gasteiger charge is -2.12. The van der Waals surface area contributed by atoms with Crippen molar-refractivity contribution in [2.24, 2.45) is 5.92 Å². The molecular formula is C24H24ClNO2. The summed E-state index contributed by atoms with van der Waals surface area (Å²) in [7, 11) is 0. The Bertz CT molecular complexity index is 947. The number of amides is 1. The number of carbonyl (C=O) groups is 1. The third kappa shape index (κ3) is 5.77. The number of terminal acetylenes is 1. The third-order valence-corrected chi connectivity index (χ3v) is 4.64. The van der Waals surface area contributed by atoms with E-state index in [4.69, 9.17) is 22.8 Å². The first kappa shape index (κ1) is 21.3. The monoisotopic (exact) mass is 393 g/mol. The quantitative estimate of drug-likeness (QED) is 0.346. The van der Waals surface area contributed by atoms with Gasteiger partial charge in [-0.1, -0.05) is 49.1 Å². The standard InChI is InChI=1S/C24H24ClNO2/c1-6-17(4)23(15-18(5)16(2)3)28-20-13-11-19(12-14-20)26-24(27)21-9-7-8-10-22(21)25/h1,7-16H,2-5H3,(H,26,27). The van der Waals surface area contributed by atoms with E-state index in [9.17, 15) is 4.79 Å². The predicted molar refractivity (Wildman–Crippen MR) is 117 cm³/mol. The molecule has 0 heterocycles. The first-order valence-electron chi connectivity index (χ1n) is 9.01. The molecule has 0 radical (unpaired) electrons. The second-order valence-electron chi connectivity index (χ2n) is 6.74. The molecule has 0 spiro atoms. The average Bonchev–Trinajstić information content (AvgIpc) is 2.68. The summed E-state index contributed by atoms with van der Waals surface area (Å²) in [6.07, 6.45) is 7.51. The van der Waals surface area contributed by atoms with Gasteiger partial charge in [0.1, 0.15) is 11.5 Å². The summed E-state index contributed by atoms with van der Waals surface area (Å²) in [5.41, 5.74) is 2.96. The molecule has 0 aliphatic heterocycles. The fourth-order valence-electron chi connectivity index (χ4n) is 2.24. The van der Waals surface area contributed by atoms with E-state index in [-0.39, 0.29) is 5.91 Å². The highest BCUT2D eigenvalue weighted by Gasteiger charge is 2.10. The summed E-state index contributed by atoms with van der Waals surface area (Å²) in [6.45, 7) is 8.12. The van der Waals surface area contributed by atoms with Crippen molar-refractivity contribution in [3.63, 3.8) is 0 Å². The molecule has 1 N–H and O–H groups in total. The number of rotatable bonds is 6. The van der Waals surface area contributed by atoms with Crippen molar-refractivity contribution in [3.05, 3.63) is 82.1 Å². The smallest absolute Gasteiger partial charge is 0.257 e. The van der Waals surface area contributed by atoms with Crippen LogP contribution in [-0.4, -0.2) is 5.91 Å². The van der Waals surface area contributed by atoms with Gasteiger partial charge in [-0.2, -0.15) is 0 Å². The van der Waals surface area contributed by atoms with Crippen molar-refractivity contribution in [2.45, 2.75) is 27.7 Å². The summed E-state index contributed by atoms with van der Waals surface area (Å²) in [4.78, 5) is 12.3. The number of carbonyl (C=O) groups excluding carboxylic acids is 1. The molecule has 4 heteroatoms. The Balaban J connectivity index is 2.15. The molecular weight excluding hydrogens is 370 g/mol. The van der Waals surface area contributed by atoms with Gasteiger partial charge in [0.05, 0.1) is 10.6 Å². The molecule has 3 nitrogen and oxygen atoms in total. The lowest BCUT2D eigenvalue weighted by atomic mass is 10.0. The molecule has 0 aromatic heterocycles. The molecule has 2 aromatic carbocycles. The van der Waals surface area contributed by atoms with E-state index in [1.165, 1.54) is 5.57 Å². The number of hydrogen-bond acceptors (Lipinski definition) is 2. The van der Waals surface area contributed by atoms with E-state index < -0.39 is 0 Å². The van der Waals surface area contributed by atoms with E-state index in [0.717, 1.165) is 5.57 Å². The highest BCUT2D eigenvalue weighted by Crippen LogP contribution is 2.23. The maximum absolute atomic E-state index is 12.3. The van der Waals surface area contributed by atoms with Gasteiger partial charge < -0.3 is 10.1 Å². The van der Waals surface area contributed by atoms with Crippen LogP contribution in [0.4, 0.5) is 5.69 Å². The molecule has 144 valence electrons. The van der Waals surface area contributed by atoms with Crippen molar-refractivity contribution in [3.8, 4) is 18.1 Å². The topological polar surface area (TPSA) is 38.3 Å². The highest BCUT2D eigenvalue weighted by molar-refractivity contribution is 6.34. The van der Waals surface area contributed by atoms with Crippen molar-refractivity contribution >= 4 is 23.2 Å². The van der Waals surface area contributed by atoms with Gasteiger partial charge in [-0.05, 0) is 62.2 Å². The van der Waals surface area contributed by atoms with Crippen molar-refractivity contribution in [2.75, 3.05) is 5.32 Å². The van der Waals surface area contributed by atoms with E-state index >= 15 is 0 Å². The fraction of sp³-hybridized carbons (Fsp3) is 0.208. The van der Waals surface area contributed by atoms with Crippen molar-refractivity contribution < 1.29 is 9.53 Å². The number of hydrogen-bond donors (Lipinski definition) is 1. The first-order chi connectivity index (χ1) is 13.3. The molecule has 0 saturated carbocycles. The SMILES string of the molecule is C#CC(C)=C(C=C(C)C(C)C)Oc1ccc(NC(=O)c2ccccc2Cl)cc1. The Morgan fingerprint density at radius 3 is 2.36 bits per heavy atom. The van der Waals surface area contributed by atoms with Crippen LogP contribution in [0.1, 0.15) is 38.1 Å². The highest BCUT2D eigenvalue weighted by atomic mass is 35.5. The Morgan fingerprint density at radius 2 is 1.79 bits per heavy atom. The van der Waals surface area contributed by atoms with Crippen molar-refractivity contribution in [1.29, 1.82) is 0 Å². The molecule has 0 bridgehead atoms. The van der Waals surface area contributed by atoms with Crippen LogP contribution in [0.25, 0.3) is 0 Å². The number of nitrogens with one attached hydrogen (secondary N) is 1. The molecule has 2 aromatic rings. The second-order valence-corrected chi connectivity index (χ2v) is 7.14. The van der Waals surface area contributed by atoms with E-state index in [0.29, 0.717) is 33.7 Å². The second kappa shape index (κ2) is 9.82. The minimum Gasteiger partial charge on any atom is -0.456 e. The molecule has 0 aliphatic carbocycles. The van der Waals surface area contributed by atoms with Gasteiger partial charge in [0.2, 0.25) is 0 Å². The van der Waals surface area contributed by atoms with Gasteiger partial charge in [0.25, 0.3) is 5.91 Å². The molecule has 0 atom stereocenters. The molecule has 0 aliphatic rings. The Hall–Kier alpha value is -2.96. The van der Waals surface area contributed by atoms with Crippen molar-refractivity contribution in [1.82, 2.24) is 0 Å². The lowest BCUT2D eigenvalue weighted by Crippen LogP contribution is -2.12. The van der Waals surface area contributed by atoms with Gasteiger partial charge in [0, 0.05) is 11.3 Å². The fourth-order valence-corrected chi connectivity index (χ4v) is 2.46. The van der Waals surface area contributed by atoms with Crippen LogP contribution >= 0.6 is 11.6 Å². The average molecular weight is 394 g/mol. The predicted octanol–water partition coefficient (Wildman–Crippen LogP) is 6.48. The van der Waals surface area contributed by atoms with E-state index in [2.05, 4.69) is 25.1 Å². The molecule has 0 unspecified atom stereocenters. The summed E-state index contributed by atoms with van der Waals surface area (Å²) < 4.78 is 5.98. The Labute approximate surface area is 172 Å². The van der Waals surface area contributed by atoms with Gasteiger partial charge in [-0.25, -0.2) is 0 Å². The van der Waals surface area contributed by atoms with Gasteiger partial charge >= 0.3 is 0 Å². The zero-order valence-electron chi connectivity index (χ0n) is 16.5. The number of benzene rings is 2. The number of halogens is 1. The number of allylic oxidation sites excluding steroid dienone is 3. The van der Waals surface area contributed by atoms with Crippen LogP contribution in [0, 0.1) is 18.3 Å². The molecule has 0 saturated heterocycles. The molecule has 1 amide bonds. The lowest BCUT2D eigenvalue weighted by molar-refractivity contribution is 0.102. The van der Waals surface area contributed by atoms with Crippen LogP contribution in [0.15, 0.2) is 71.5 Å².